The number of hydrogen-bond donors (Lipinski definition) is 1. The van der Waals surface area contributed by atoms with Crippen molar-refractivity contribution in [1.29, 1.82) is 0 Å². The molecule has 0 heterocycles. The largest absolute Gasteiger partial charge is 0.393 e. The van der Waals surface area contributed by atoms with Crippen molar-refractivity contribution < 1.29 is 17.5 Å². The van der Waals surface area contributed by atoms with Crippen LogP contribution in [0.5, 0.6) is 0 Å². The van der Waals surface area contributed by atoms with E-state index in [1.54, 1.807) is 12.1 Å². The van der Waals surface area contributed by atoms with Crippen LogP contribution in [-0.2, 0) is 14.6 Å². The SMILES string of the molecule is CCOC[C@@]1(C(N)=S)[C@@H](c2ccc(F)cc2)[C@@H]1S(C)(=O)=O. The molecule has 1 aliphatic carbocycles. The Hall–Kier alpha value is -1.05. The first-order chi connectivity index (χ1) is 9.75. The molecule has 1 fully saturated rings. The molecular weight excluding hydrogens is 313 g/mol. The average molecular weight is 331 g/mol. The standard InChI is InChI=1S/C14H18FNO3S2/c1-3-19-8-14(13(16)20)11(12(14)21(2,17)18)9-4-6-10(15)7-5-9/h4-7,11-12H,3,8H2,1-2H3,(H2,16,20)/t11-,12-,14+/m0/s1. The predicted molar refractivity (Wildman–Crippen MR) is 83.5 cm³/mol. The molecular formula is C14H18FNO3S2. The normalized spacial score (nSPS) is 28.3. The Bertz CT molecular complexity index is 645. The van der Waals surface area contributed by atoms with Gasteiger partial charge in [0.1, 0.15) is 5.82 Å². The van der Waals surface area contributed by atoms with Crippen LogP contribution >= 0.6 is 12.2 Å². The predicted octanol–water partition coefficient (Wildman–Crippen LogP) is 1.65. The number of ether oxygens (including phenoxy) is 1. The van der Waals surface area contributed by atoms with Crippen LogP contribution in [0.3, 0.4) is 0 Å². The third-order valence-electron chi connectivity index (χ3n) is 3.95. The van der Waals surface area contributed by atoms with E-state index < -0.39 is 26.4 Å². The van der Waals surface area contributed by atoms with Gasteiger partial charge in [0.15, 0.2) is 9.84 Å². The molecule has 0 saturated heterocycles. The molecule has 0 bridgehead atoms. The van der Waals surface area contributed by atoms with Gasteiger partial charge in [-0.2, -0.15) is 0 Å². The zero-order valence-electron chi connectivity index (χ0n) is 11.9. The maximum Gasteiger partial charge on any atom is 0.152 e. The van der Waals surface area contributed by atoms with E-state index in [-0.39, 0.29) is 17.4 Å². The fraction of sp³-hybridized carbons (Fsp3) is 0.500. The quantitative estimate of drug-likeness (QED) is 0.803. The van der Waals surface area contributed by atoms with Crippen LogP contribution in [0.4, 0.5) is 4.39 Å². The second-order valence-corrected chi connectivity index (χ2v) is 7.93. The topological polar surface area (TPSA) is 69.4 Å². The van der Waals surface area contributed by atoms with E-state index in [1.165, 1.54) is 18.4 Å². The van der Waals surface area contributed by atoms with Crippen LogP contribution < -0.4 is 5.73 Å². The first-order valence-electron chi connectivity index (χ1n) is 6.57. The van der Waals surface area contributed by atoms with Gasteiger partial charge in [-0.1, -0.05) is 24.4 Å². The van der Waals surface area contributed by atoms with E-state index in [4.69, 9.17) is 22.7 Å². The molecule has 7 heteroatoms. The second kappa shape index (κ2) is 5.62. The molecule has 1 saturated carbocycles. The van der Waals surface area contributed by atoms with Crippen molar-refractivity contribution in [2.24, 2.45) is 11.1 Å². The molecule has 1 aliphatic rings. The highest BCUT2D eigenvalue weighted by Crippen LogP contribution is 2.63. The van der Waals surface area contributed by atoms with Gasteiger partial charge in [-0.15, -0.1) is 0 Å². The van der Waals surface area contributed by atoms with Gasteiger partial charge >= 0.3 is 0 Å². The molecule has 1 aromatic carbocycles. The molecule has 4 nitrogen and oxygen atoms in total. The third kappa shape index (κ3) is 2.82. The number of rotatable bonds is 6. The van der Waals surface area contributed by atoms with E-state index in [2.05, 4.69) is 0 Å². The maximum absolute atomic E-state index is 13.1. The fourth-order valence-electron chi connectivity index (χ4n) is 2.98. The average Bonchev–Trinajstić information content (AvgIpc) is 3.08. The minimum atomic E-state index is -3.36. The van der Waals surface area contributed by atoms with Crippen molar-refractivity contribution in [2.45, 2.75) is 18.1 Å². The zero-order chi connectivity index (χ0) is 15.8. The lowest BCUT2D eigenvalue weighted by Gasteiger charge is -2.16. The second-order valence-electron chi connectivity index (χ2n) is 5.32. The number of thiocarbonyl (C=S) groups is 1. The fourth-order valence-corrected chi connectivity index (χ4v) is 5.29. The van der Waals surface area contributed by atoms with Crippen molar-refractivity contribution in [3.05, 3.63) is 35.6 Å². The molecule has 0 spiro atoms. The summed E-state index contributed by atoms with van der Waals surface area (Å²) in [5.74, 6) is -0.766. The number of halogens is 1. The molecule has 0 aromatic heterocycles. The van der Waals surface area contributed by atoms with Crippen LogP contribution in [0.25, 0.3) is 0 Å². The summed E-state index contributed by atoms with van der Waals surface area (Å²) >= 11 is 5.12. The Kier molecular flexibility index (Phi) is 4.37. The third-order valence-corrected chi connectivity index (χ3v) is 5.95. The van der Waals surface area contributed by atoms with Crippen molar-refractivity contribution in [1.82, 2.24) is 0 Å². The minimum absolute atomic E-state index is 0.126. The highest BCUT2D eigenvalue weighted by Gasteiger charge is 2.71. The summed E-state index contributed by atoms with van der Waals surface area (Å²) in [6.07, 6.45) is 1.17. The van der Waals surface area contributed by atoms with Crippen molar-refractivity contribution >= 4 is 27.0 Å². The molecule has 2 rings (SSSR count). The highest BCUT2D eigenvalue weighted by atomic mass is 32.2. The van der Waals surface area contributed by atoms with Gasteiger partial charge in [0.25, 0.3) is 0 Å². The lowest BCUT2D eigenvalue weighted by atomic mass is 10.00. The lowest BCUT2D eigenvalue weighted by molar-refractivity contribution is 0.121. The van der Waals surface area contributed by atoms with E-state index in [1.807, 2.05) is 6.92 Å². The maximum atomic E-state index is 13.1. The molecule has 0 radical (unpaired) electrons. The van der Waals surface area contributed by atoms with E-state index in [0.717, 1.165) is 0 Å². The summed E-state index contributed by atoms with van der Waals surface area (Å²) in [7, 11) is -3.36. The van der Waals surface area contributed by atoms with Gasteiger partial charge in [0.05, 0.1) is 22.3 Å². The smallest absolute Gasteiger partial charge is 0.152 e. The number of hydrogen-bond acceptors (Lipinski definition) is 4. The number of nitrogens with two attached hydrogens (primary N) is 1. The van der Waals surface area contributed by atoms with Crippen molar-refractivity contribution in [3.8, 4) is 0 Å². The molecule has 2 N–H and O–H groups in total. The van der Waals surface area contributed by atoms with Crippen LogP contribution in [0.1, 0.15) is 18.4 Å². The van der Waals surface area contributed by atoms with Crippen molar-refractivity contribution in [2.75, 3.05) is 19.5 Å². The number of benzene rings is 1. The van der Waals surface area contributed by atoms with E-state index in [9.17, 15) is 12.8 Å². The van der Waals surface area contributed by atoms with Crippen LogP contribution in [-0.4, -0.2) is 38.1 Å². The van der Waals surface area contributed by atoms with Gasteiger partial charge in [-0.3, -0.25) is 0 Å². The first-order valence-corrected chi connectivity index (χ1v) is 8.93. The van der Waals surface area contributed by atoms with Crippen LogP contribution in [0.15, 0.2) is 24.3 Å². The summed E-state index contributed by atoms with van der Waals surface area (Å²) in [4.78, 5) is 0.126. The molecule has 0 unspecified atom stereocenters. The summed E-state index contributed by atoms with van der Waals surface area (Å²) in [6.45, 7) is 2.41. The molecule has 0 amide bonds. The van der Waals surface area contributed by atoms with Crippen molar-refractivity contribution in [3.63, 3.8) is 0 Å². The lowest BCUT2D eigenvalue weighted by Crippen LogP contribution is -2.33. The van der Waals surface area contributed by atoms with Crippen LogP contribution in [0.2, 0.25) is 0 Å². The molecule has 1 aromatic rings. The Labute approximate surface area is 129 Å². The summed E-state index contributed by atoms with van der Waals surface area (Å²) in [5, 5.41) is -0.723. The molecule has 0 aliphatic heterocycles. The minimum Gasteiger partial charge on any atom is -0.393 e. The van der Waals surface area contributed by atoms with Crippen LogP contribution in [0, 0.1) is 11.2 Å². The van der Waals surface area contributed by atoms with Gasteiger partial charge in [-0.25, -0.2) is 12.8 Å². The molecule has 3 atom stereocenters. The molecule has 116 valence electrons. The summed E-state index contributed by atoms with van der Waals surface area (Å²) in [6, 6.07) is 5.75. The first kappa shape index (κ1) is 16.3. The van der Waals surface area contributed by atoms with E-state index in [0.29, 0.717) is 12.2 Å². The highest BCUT2D eigenvalue weighted by molar-refractivity contribution is 7.92. The Morgan fingerprint density at radius 2 is 2.00 bits per heavy atom. The molecule has 21 heavy (non-hydrogen) atoms. The summed E-state index contributed by atoms with van der Waals surface area (Å²) < 4.78 is 42.6. The number of sulfone groups is 1. The van der Waals surface area contributed by atoms with Gasteiger partial charge in [0.2, 0.25) is 0 Å². The van der Waals surface area contributed by atoms with Gasteiger partial charge in [-0.05, 0) is 24.6 Å². The van der Waals surface area contributed by atoms with Gasteiger partial charge < -0.3 is 10.5 Å². The zero-order valence-corrected chi connectivity index (χ0v) is 13.5. The summed E-state index contributed by atoms with van der Waals surface area (Å²) in [5.41, 5.74) is 5.63. The van der Waals surface area contributed by atoms with Gasteiger partial charge in [0, 0.05) is 18.8 Å². The Morgan fingerprint density at radius 1 is 1.43 bits per heavy atom. The van der Waals surface area contributed by atoms with E-state index >= 15 is 0 Å². The Balaban J connectivity index is 2.46. The monoisotopic (exact) mass is 331 g/mol. The Morgan fingerprint density at radius 3 is 2.43 bits per heavy atom.